The van der Waals surface area contributed by atoms with Crippen LogP contribution < -0.4 is 0 Å². The number of hydrogen-bond donors (Lipinski definition) is 0. The van der Waals surface area contributed by atoms with E-state index in [1.807, 2.05) is 72.4 Å². The molecule has 2 aromatic heterocycles. The lowest BCUT2D eigenvalue weighted by atomic mass is 9.67. The predicted molar refractivity (Wildman–Crippen MR) is 256 cm³/mol. The highest BCUT2D eigenvalue weighted by Gasteiger charge is 2.50. The third kappa shape index (κ3) is 5.53. The molecule has 13 rings (SSSR count). The molecule has 0 fully saturated rings. The van der Waals surface area contributed by atoms with Crippen LogP contribution in [0.4, 0.5) is 0 Å². The van der Waals surface area contributed by atoms with E-state index in [0.29, 0.717) is 5.82 Å². The molecule has 0 bridgehead atoms. The van der Waals surface area contributed by atoms with Crippen molar-refractivity contribution in [3.63, 3.8) is 0 Å². The lowest BCUT2D eigenvalue weighted by Gasteiger charge is -2.40. The van der Waals surface area contributed by atoms with Crippen molar-refractivity contribution in [1.82, 2.24) is 15.2 Å². The number of para-hydroxylation sites is 1. The van der Waals surface area contributed by atoms with Crippen molar-refractivity contribution < 1.29 is 4.42 Å². The third-order valence-corrected chi connectivity index (χ3v) is 14.0. The van der Waals surface area contributed by atoms with Gasteiger partial charge in [0.2, 0.25) is 0 Å². The molecule has 11 aromatic rings. The molecular formula is C58H35N3OS. The van der Waals surface area contributed by atoms with E-state index < -0.39 is 5.41 Å². The minimum Gasteiger partial charge on any atom is -0.456 e. The Bertz CT molecular complexity index is 3620. The van der Waals surface area contributed by atoms with E-state index in [2.05, 4.69) is 157 Å². The highest BCUT2D eigenvalue weighted by molar-refractivity contribution is 7.99. The van der Waals surface area contributed by atoms with Crippen LogP contribution in [0.15, 0.2) is 227 Å². The summed E-state index contributed by atoms with van der Waals surface area (Å²) >= 11 is 1.87. The highest BCUT2D eigenvalue weighted by atomic mass is 32.2. The average Bonchev–Trinajstić information content (AvgIpc) is 3.87. The smallest absolute Gasteiger partial charge is 0.182 e. The number of rotatable bonds is 5. The van der Waals surface area contributed by atoms with Gasteiger partial charge in [0.05, 0.1) is 5.41 Å². The van der Waals surface area contributed by atoms with E-state index in [1.54, 1.807) is 0 Å². The Labute approximate surface area is 368 Å². The number of nitrogens with zero attached hydrogens (tertiary/aromatic N) is 3. The van der Waals surface area contributed by atoms with Crippen molar-refractivity contribution >= 4 is 33.7 Å². The molecule has 0 amide bonds. The fourth-order valence-electron chi connectivity index (χ4n) is 10.0. The normalized spacial score (nSPS) is 14.7. The predicted octanol–water partition coefficient (Wildman–Crippen LogP) is 14.9. The van der Waals surface area contributed by atoms with E-state index in [-0.39, 0.29) is 0 Å². The van der Waals surface area contributed by atoms with Crippen molar-refractivity contribution in [3.05, 3.63) is 235 Å². The Balaban J connectivity index is 0.965. The molecule has 3 heterocycles. The minimum atomic E-state index is -0.519. The molecule has 2 aliphatic rings. The molecule has 0 radical (unpaired) electrons. The summed E-state index contributed by atoms with van der Waals surface area (Å²) in [5.74, 6) is 0.601. The fourth-order valence-corrected chi connectivity index (χ4v) is 11.2. The van der Waals surface area contributed by atoms with Crippen LogP contribution in [0.25, 0.3) is 89.2 Å². The first kappa shape index (κ1) is 35.9. The molecule has 63 heavy (non-hydrogen) atoms. The number of furan rings is 1. The van der Waals surface area contributed by atoms with Crippen LogP contribution in [-0.2, 0) is 5.41 Å². The Morgan fingerprint density at radius 1 is 0.349 bits per heavy atom. The summed E-state index contributed by atoms with van der Waals surface area (Å²) in [6.07, 6.45) is 0. The Hall–Kier alpha value is -7.86. The lowest BCUT2D eigenvalue weighted by Crippen LogP contribution is -2.32. The Kier molecular flexibility index (Phi) is 8.02. The van der Waals surface area contributed by atoms with E-state index in [0.717, 1.165) is 66.7 Å². The van der Waals surface area contributed by atoms with Gasteiger partial charge in [0.1, 0.15) is 22.6 Å². The summed E-state index contributed by atoms with van der Waals surface area (Å²) in [5.41, 5.74) is 18.0. The zero-order valence-electron chi connectivity index (χ0n) is 33.9. The van der Waals surface area contributed by atoms with Crippen molar-refractivity contribution in [2.75, 3.05) is 0 Å². The van der Waals surface area contributed by atoms with Gasteiger partial charge in [0, 0.05) is 37.3 Å². The Morgan fingerprint density at radius 2 is 0.968 bits per heavy atom. The summed E-state index contributed by atoms with van der Waals surface area (Å²) in [4.78, 5) is 7.67. The maximum atomic E-state index is 6.37. The van der Waals surface area contributed by atoms with Gasteiger partial charge in [0.15, 0.2) is 5.82 Å². The SMILES string of the molecule is c1ccc(-c2nnc(-c3cccc(-c4ccc5c(c4)-c4ccccc4C54c5ccccc5Sc5ccc(-c6ccc7c(c6)oc6ccccc67)cc54)c3)c(-c3ccccc3)n2)cc1. The van der Waals surface area contributed by atoms with Crippen LogP contribution in [0, 0.1) is 0 Å². The second-order valence-corrected chi connectivity index (χ2v) is 17.4. The minimum absolute atomic E-state index is 0.519. The van der Waals surface area contributed by atoms with E-state index in [4.69, 9.17) is 14.5 Å². The maximum Gasteiger partial charge on any atom is 0.182 e. The Morgan fingerprint density at radius 3 is 1.86 bits per heavy atom. The van der Waals surface area contributed by atoms with Gasteiger partial charge in [0.25, 0.3) is 0 Å². The van der Waals surface area contributed by atoms with Crippen LogP contribution in [0.1, 0.15) is 22.3 Å². The third-order valence-electron chi connectivity index (χ3n) is 12.9. The van der Waals surface area contributed by atoms with Gasteiger partial charge < -0.3 is 4.42 Å². The second-order valence-electron chi connectivity index (χ2n) is 16.3. The molecule has 1 atom stereocenters. The standard InChI is InChI=1S/C58H35N3OS/c1-3-14-36(15-4-1)55-56(60-61-57(59-55)37-16-5-2-6-17-37)42-19-13-18-38(32-42)39-27-30-48-46(33-39)43-20-7-9-22-47(43)58(48)49-23-10-12-25-53(49)63-54-31-28-40(34-50(54)58)41-26-29-45-44-21-8-11-24-51(44)62-52(45)35-41/h1-35H. The van der Waals surface area contributed by atoms with Gasteiger partial charge in [-0.25, -0.2) is 4.98 Å². The van der Waals surface area contributed by atoms with Crippen molar-refractivity contribution in [3.8, 4) is 67.3 Å². The molecule has 5 heteroatoms. The molecule has 1 aliphatic heterocycles. The molecule has 1 unspecified atom stereocenters. The molecular weight excluding hydrogens is 787 g/mol. The van der Waals surface area contributed by atoms with Crippen molar-refractivity contribution in [2.45, 2.75) is 15.2 Å². The molecule has 1 spiro atoms. The summed E-state index contributed by atoms with van der Waals surface area (Å²) in [5, 5.41) is 11.8. The number of aromatic nitrogens is 3. The topological polar surface area (TPSA) is 51.8 Å². The molecule has 1 aliphatic carbocycles. The van der Waals surface area contributed by atoms with Gasteiger partial charge in [-0.3, -0.25) is 0 Å². The van der Waals surface area contributed by atoms with E-state index in [9.17, 15) is 0 Å². The number of benzene rings is 9. The quantitative estimate of drug-likeness (QED) is 0.173. The van der Waals surface area contributed by atoms with Gasteiger partial charge >= 0.3 is 0 Å². The van der Waals surface area contributed by atoms with Crippen LogP contribution in [0.3, 0.4) is 0 Å². The number of fused-ring (bicyclic) bond motifs is 12. The first-order valence-electron chi connectivity index (χ1n) is 21.2. The lowest BCUT2D eigenvalue weighted by molar-refractivity contribution is 0.669. The molecule has 0 saturated heterocycles. The van der Waals surface area contributed by atoms with E-state index in [1.165, 1.54) is 48.7 Å². The molecule has 0 saturated carbocycles. The van der Waals surface area contributed by atoms with E-state index >= 15 is 0 Å². The molecule has 4 nitrogen and oxygen atoms in total. The first-order valence-corrected chi connectivity index (χ1v) is 22.1. The molecule has 9 aromatic carbocycles. The maximum absolute atomic E-state index is 6.37. The zero-order chi connectivity index (χ0) is 41.5. The number of hydrogen-bond acceptors (Lipinski definition) is 5. The summed E-state index contributed by atoms with van der Waals surface area (Å²) < 4.78 is 6.37. The zero-order valence-corrected chi connectivity index (χ0v) is 34.7. The van der Waals surface area contributed by atoms with Crippen LogP contribution in [-0.4, -0.2) is 15.2 Å². The fraction of sp³-hybridized carbons (Fsp3) is 0.0172. The van der Waals surface area contributed by atoms with Crippen LogP contribution >= 0.6 is 11.8 Å². The second kappa shape index (κ2) is 14.1. The van der Waals surface area contributed by atoms with Crippen LogP contribution in [0.5, 0.6) is 0 Å². The van der Waals surface area contributed by atoms with Crippen molar-refractivity contribution in [1.29, 1.82) is 0 Å². The summed E-state index contributed by atoms with van der Waals surface area (Å²) in [6.45, 7) is 0. The first-order chi connectivity index (χ1) is 31.2. The van der Waals surface area contributed by atoms with Gasteiger partial charge in [-0.1, -0.05) is 176 Å². The molecule has 0 N–H and O–H groups in total. The van der Waals surface area contributed by atoms with Gasteiger partial charge in [-0.15, -0.1) is 10.2 Å². The van der Waals surface area contributed by atoms with Crippen LogP contribution in [0.2, 0.25) is 0 Å². The molecule has 294 valence electrons. The monoisotopic (exact) mass is 821 g/mol. The largest absolute Gasteiger partial charge is 0.456 e. The van der Waals surface area contributed by atoms with Gasteiger partial charge in [-0.05, 0) is 104 Å². The average molecular weight is 822 g/mol. The van der Waals surface area contributed by atoms with Crippen molar-refractivity contribution in [2.24, 2.45) is 0 Å². The summed E-state index contributed by atoms with van der Waals surface area (Å²) in [7, 11) is 0. The highest BCUT2D eigenvalue weighted by Crippen LogP contribution is 2.63. The summed E-state index contributed by atoms with van der Waals surface area (Å²) in [6, 6.07) is 76.0. The van der Waals surface area contributed by atoms with Gasteiger partial charge in [-0.2, -0.15) is 0 Å².